The van der Waals surface area contributed by atoms with Crippen LogP contribution in [0.4, 0.5) is 5.13 Å². The Morgan fingerprint density at radius 2 is 1.82 bits per heavy atom. The van der Waals surface area contributed by atoms with Gasteiger partial charge in [-0.2, -0.15) is 0 Å². The zero-order valence-corrected chi connectivity index (χ0v) is 17.3. The van der Waals surface area contributed by atoms with E-state index in [1.165, 1.54) is 22.5 Å². The summed E-state index contributed by atoms with van der Waals surface area (Å²) in [7, 11) is 0. The van der Waals surface area contributed by atoms with Crippen molar-refractivity contribution < 1.29 is 9.21 Å². The molecule has 0 radical (unpaired) electrons. The quantitative estimate of drug-likeness (QED) is 0.431. The third-order valence-corrected chi connectivity index (χ3v) is 6.02. The van der Waals surface area contributed by atoms with Crippen LogP contribution >= 0.6 is 11.3 Å². The minimum atomic E-state index is -0.0681. The Labute approximate surface area is 168 Å². The van der Waals surface area contributed by atoms with E-state index in [9.17, 15) is 4.79 Å². The second-order valence-electron chi connectivity index (χ2n) is 7.19. The van der Waals surface area contributed by atoms with Crippen LogP contribution in [0.2, 0.25) is 0 Å². The van der Waals surface area contributed by atoms with Gasteiger partial charge in [-0.25, -0.2) is 4.98 Å². The van der Waals surface area contributed by atoms with Gasteiger partial charge in [0.15, 0.2) is 5.13 Å². The minimum Gasteiger partial charge on any atom is -0.467 e. The normalized spacial score (nSPS) is 11.1. The zero-order valence-electron chi connectivity index (χ0n) is 16.4. The molecule has 0 saturated carbocycles. The van der Waals surface area contributed by atoms with E-state index in [1.54, 1.807) is 11.2 Å². The van der Waals surface area contributed by atoms with E-state index in [-0.39, 0.29) is 5.91 Å². The molecule has 4 nitrogen and oxygen atoms in total. The number of hydrogen-bond acceptors (Lipinski definition) is 4. The fourth-order valence-electron chi connectivity index (χ4n) is 3.27. The monoisotopic (exact) mass is 390 g/mol. The summed E-state index contributed by atoms with van der Waals surface area (Å²) in [4.78, 5) is 20.0. The smallest absolute Gasteiger partial charge is 0.260 e. The molecule has 0 aliphatic carbocycles. The number of aromatic nitrogens is 1. The number of aryl methyl sites for hydroxylation is 4. The summed E-state index contributed by atoms with van der Waals surface area (Å²) in [6, 6.07) is 13.8. The van der Waals surface area contributed by atoms with Gasteiger partial charge in [-0.1, -0.05) is 29.0 Å². The van der Waals surface area contributed by atoms with Gasteiger partial charge < -0.3 is 4.42 Å². The number of thiazole rings is 1. The summed E-state index contributed by atoms with van der Waals surface area (Å²) in [5, 5.41) is 0.682. The van der Waals surface area contributed by atoms with Gasteiger partial charge >= 0.3 is 0 Å². The van der Waals surface area contributed by atoms with Crippen LogP contribution in [-0.4, -0.2) is 10.9 Å². The molecule has 4 rings (SSSR count). The molecule has 2 heterocycles. The Kier molecular flexibility index (Phi) is 4.77. The first kappa shape index (κ1) is 18.4. The molecule has 0 aliphatic rings. The van der Waals surface area contributed by atoms with E-state index in [0.717, 1.165) is 27.1 Å². The number of amides is 1. The molecule has 0 N–H and O–H groups in total. The summed E-state index contributed by atoms with van der Waals surface area (Å²) in [6.45, 7) is 8.51. The van der Waals surface area contributed by atoms with Crippen LogP contribution in [0, 0.1) is 27.7 Å². The van der Waals surface area contributed by atoms with Gasteiger partial charge in [-0.15, -0.1) is 0 Å². The predicted octanol–water partition coefficient (Wildman–Crippen LogP) is 5.97. The zero-order chi connectivity index (χ0) is 19.8. The van der Waals surface area contributed by atoms with Crippen molar-refractivity contribution in [3.63, 3.8) is 0 Å². The van der Waals surface area contributed by atoms with Crippen LogP contribution in [0.15, 0.2) is 53.1 Å². The van der Waals surface area contributed by atoms with Gasteiger partial charge in [0.05, 0.1) is 23.0 Å². The largest absolute Gasteiger partial charge is 0.467 e. The van der Waals surface area contributed by atoms with Crippen molar-refractivity contribution in [1.29, 1.82) is 0 Å². The Hall–Kier alpha value is -2.92. The van der Waals surface area contributed by atoms with Gasteiger partial charge in [-0.3, -0.25) is 9.69 Å². The number of fused-ring (bicyclic) bond motifs is 1. The Morgan fingerprint density at radius 3 is 2.54 bits per heavy atom. The van der Waals surface area contributed by atoms with Crippen molar-refractivity contribution in [2.24, 2.45) is 0 Å². The predicted molar refractivity (Wildman–Crippen MR) is 114 cm³/mol. The Morgan fingerprint density at radius 1 is 1.04 bits per heavy atom. The lowest BCUT2D eigenvalue weighted by Gasteiger charge is -2.20. The first-order valence-corrected chi connectivity index (χ1v) is 10.0. The van der Waals surface area contributed by atoms with E-state index in [4.69, 9.17) is 9.40 Å². The molecule has 5 heteroatoms. The van der Waals surface area contributed by atoms with Crippen LogP contribution in [0.5, 0.6) is 0 Å². The third kappa shape index (κ3) is 3.45. The van der Waals surface area contributed by atoms with Crippen molar-refractivity contribution >= 4 is 32.6 Å². The van der Waals surface area contributed by atoms with Crippen molar-refractivity contribution in [2.75, 3.05) is 4.90 Å². The lowest BCUT2D eigenvalue weighted by molar-refractivity contribution is 0.0982. The molecule has 2 aromatic heterocycles. The number of carbonyl (C=O) groups excluding carboxylic acids is 1. The van der Waals surface area contributed by atoms with E-state index >= 15 is 0 Å². The van der Waals surface area contributed by atoms with Crippen LogP contribution in [0.3, 0.4) is 0 Å². The molecule has 0 saturated heterocycles. The summed E-state index contributed by atoms with van der Waals surface area (Å²) in [6.07, 6.45) is 1.63. The molecule has 4 aromatic rings. The van der Waals surface area contributed by atoms with E-state index < -0.39 is 0 Å². The number of anilines is 1. The molecule has 0 spiro atoms. The van der Waals surface area contributed by atoms with Gasteiger partial charge in [0.2, 0.25) is 0 Å². The topological polar surface area (TPSA) is 46.3 Å². The van der Waals surface area contributed by atoms with E-state index in [0.29, 0.717) is 17.2 Å². The summed E-state index contributed by atoms with van der Waals surface area (Å²) in [5.41, 5.74) is 6.12. The molecule has 0 aliphatic heterocycles. The van der Waals surface area contributed by atoms with Crippen molar-refractivity contribution in [1.82, 2.24) is 4.98 Å². The molecule has 142 valence electrons. The minimum absolute atomic E-state index is 0.0681. The summed E-state index contributed by atoms with van der Waals surface area (Å²) in [5.74, 6) is 0.658. The average Bonchev–Trinajstić information content (AvgIpc) is 3.29. The maximum absolute atomic E-state index is 13.5. The maximum Gasteiger partial charge on any atom is 0.260 e. The van der Waals surface area contributed by atoms with Gasteiger partial charge in [0, 0.05) is 5.56 Å². The Balaban J connectivity index is 1.80. The van der Waals surface area contributed by atoms with Gasteiger partial charge in [0.25, 0.3) is 5.91 Å². The van der Waals surface area contributed by atoms with Crippen molar-refractivity contribution in [3.05, 3.63) is 82.3 Å². The highest BCUT2D eigenvalue weighted by atomic mass is 32.1. The second kappa shape index (κ2) is 7.24. The number of benzene rings is 2. The SMILES string of the molecule is Cc1ccc(C(=O)N(Cc2ccco2)c2nc3cc(C)c(C)cc3s2)c(C)c1. The summed E-state index contributed by atoms with van der Waals surface area (Å²) >= 11 is 1.53. The van der Waals surface area contributed by atoms with Crippen molar-refractivity contribution in [3.8, 4) is 0 Å². The maximum atomic E-state index is 13.5. The van der Waals surface area contributed by atoms with E-state index in [1.807, 2.05) is 44.2 Å². The molecule has 1 amide bonds. The standard InChI is InChI=1S/C23H22N2O2S/c1-14-7-8-19(17(4)10-14)22(26)25(13-18-6-5-9-27-18)23-24-20-11-15(2)16(3)12-21(20)28-23/h5-12H,13H2,1-4H3. The molecular formula is C23H22N2O2S. The highest BCUT2D eigenvalue weighted by Crippen LogP contribution is 2.33. The molecular weight excluding hydrogens is 368 g/mol. The highest BCUT2D eigenvalue weighted by Gasteiger charge is 2.24. The van der Waals surface area contributed by atoms with Crippen LogP contribution in [-0.2, 0) is 6.54 Å². The molecule has 0 bridgehead atoms. The molecule has 0 atom stereocenters. The number of furan rings is 1. The number of nitrogens with zero attached hydrogens (tertiary/aromatic N) is 2. The lowest BCUT2D eigenvalue weighted by atomic mass is 10.0. The first-order valence-electron chi connectivity index (χ1n) is 9.21. The fraction of sp³-hybridized carbons (Fsp3) is 0.217. The number of hydrogen-bond donors (Lipinski definition) is 0. The fourth-order valence-corrected chi connectivity index (χ4v) is 4.31. The second-order valence-corrected chi connectivity index (χ2v) is 8.20. The Bertz CT molecular complexity index is 1120. The average molecular weight is 391 g/mol. The van der Waals surface area contributed by atoms with Crippen LogP contribution in [0.1, 0.15) is 38.4 Å². The van der Waals surface area contributed by atoms with Gasteiger partial charge in [-0.05, 0) is 74.7 Å². The van der Waals surface area contributed by atoms with Crippen LogP contribution < -0.4 is 4.90 Å². The molecule has 2 aromatic carbocycles. The van der Waals surface area contributed by atoms with Gasteiger partial charge in [0.1, 0.15) is 5.76 Å². The number of rotatable bonds is 4. The molecule has 28 heavy (non-hydrogen) atoms. The summed E-state index contributed by atoms with van der Waals surface area (Å²) < 4.78 is 6.60. The van der Waals surface area contributed by atoms with E-state index in [2.05, 4.69) is 26.0 Å². The third-order valence-electron chi connectivity index (χ3n) is 4.98. The molecule has 0 fully saturated rings. The van der Waals surface area contributed by atoms with Crippen LogP contribution in [0.25, 0.3) is 10.2 Å². The first-order chi connectivity index (χ1) is 13.4. The lowest BCUT2D eigenvalue weighted by Crippen LogP contribution is -2.30. The number of carbonyl (C=O) groups is 1. The van der Waals surface area contributed by atoms with Crippen molar-refractivity contribution in [2.45, 2.75) is 34.2 Å². The highest BCUT2D eigenvalue weighted by molar-refractivity contribution is 7.22. The molecule has 0 unspecified atom stereocenters.